The summed E-state index contributed by atoms with van der Waals surface area (Å²) in [6, 6.07) is 21.9. The van der Waals surface area contributed by atoms with Crippen molar-refractivity contribution >= 4 is 40.7 Å². The number of benzene rings is 3. The normalized spacial score (nSPS) is 10.6. The van der Waals surface area contributed by atoms with Crippen molar-refractivity contribution in [2.75, 3.05) is 25.2 Å². The lowest BCUT2D eigenvalue weighted by Gasteiger charge is -2.24. The molecule has 0 bridgehead atoms. The molecular formula is C25H24Cl2N2O3. The zero-order valence-corrected chi connectivity index (χ0v) is 19.2. The Morgan fingerprint density at radius 3 is 2.41 bits per heavy atom. The minimum atomic E-state index is -0.253. The fourth-order valence-electron chi connectivity index (χ4n) is 3.23. The van der Waals surface area contributed by atoms with Crippen molar-refractivity contribution < 1.29 is 14.3 Å². The summed E-state index contributed by atoms with van der Waals surface area (Å²) >= 11 is 12.3. The van der Waals surface area contributed by atoms with Crippen molar-refractivity contribution in [3.8, 4) is 0 Å². The summed E-state index contributed by atoms with van der Waals surface area (Å²) in [5, 5.41) is 3.55. The molecular weight excluding hydrogens is 447 g/mol. The first-order chi connectivity index (χ1) is 15.5. The van der Waals surface area contributed by atoms with E-state index in [9.17, 15) is 9.59 Å². The molecule has 0 aliphatic heterocycles. The van der Waals surface area contributed by atoms with Gasteiger partial charge in [-0.25, -0.2) is 0 Å². The van der Waals surface area contributed by atoms with Crippen molar-refractivity contribution in [3.05, 3.63) is 99.5 Å². The van der Waals surface area contributed by atoms with Crippen LogP contribution in [-0.4, -0.2) is 32.1 Å². The van der Waals surface area contributed by atoms with Gasteiger partial charge >= 0.3 is 0 Å². The van der Waals surface area contributed by atoms with Crippen LogP contribution in [0.25, 0.3) is 0 Å². The molecule has 0 spiro atoms. The van der Waals surface area contributed by atoms with Gasteiger partial charge in [0.1, 0.15) is 0 Å². The second kappa shape index (κ2) is 11.7. The van der Waals surface area contributed by atoms with Gasteiger partial charge in [-0.15, -0.1) is 0 Å². The Morgan fingerprint density at radius 1 is 0.938 bits per heavy atom. The summed E-state index contributed by atoms with van der Waals surface area (Å²) in [4.78, 5) is 27.4. The van der Waals surface area contributed by atoms with Gasteiger partial charge in [-0.2, -0.15) is 0 Å². The van der Waals surface area contributed by atoms with Gasteiger partial charge in [0, 0.05) is 24.4 Å². The molecule has 0 aliphatic carbocycles. The lowest BCUT2D eigenvalue weighted by atomic mass is 10.1. The molecule has 0 atom stereocenters. The van der Waals surface area contributed by atoms with Gasteiger partial charge in [0.15, 0.2) is 0 Å². The van der Waals surface area contributed by atoms with E-state index >= 15 is 0 Å². The zero-order chi connectivity index (χ0) is 22.9. The lowest BCUT2D eigenvalue weighted by Crippen LogP contribution is -2.31. The van der Waals surface area contributed by atoms with E-state index in [0.717, 1.165) is 11.1 Å². The van der Waals surface area contributed by atoms with E-state index in [2.05, 4.69) is 5.32 Å². The van der Waals surface area contributed by atoms with E-state index in [0.29, 0.717) is 36.0 Å². The van der Waals surface area contributed by atoms with Crippen LogP contribution in [0, 0.1) is 0 Å². The number of amides is 2. The number of carbonyl (C=O) groups is 2. The van der Waals surface area contributed by atoms with Crippen LogP contribution in [0.15, 0.2) is 72.8 Å². The van der Waals surface area contributed by atoms with Gasteiger partial charge in [0.05, 0.1) is 30.2 Å². The monoisotopic (exact) mass is 470 g/mol. The number of nitrogens with zero attached hydrogens (tertiary/aromatic N) is 1. The van der Waals surface area contributed by atoms with Crippen molar-refractivity contribution in [3.63, 3.8) is 0 Å². The minimum absolute atomic E-state index is 0.110. The van der Waals surface area contributed by atoms with Crippen molar-refractivity contribution in [1.29, 1.82) is 0 Å². The Kier molecular flexibility index (Phi) is 8.68. The highest BCUT2D eigenvalue weighted by molar-refractivity contribution is 6.37. The first-order valence-electron chi connectivity index (χ1n) is 10.1. The maximum Gasteiger partial charge on any atom is 0.260 e. The van der Waals surface area contributed by atoms with Gasteiger partial charge < -0.3 is 15.0 Å². The van der Waals surface area contributed by atoms with Crippen molar-refractivity contribution in [2.24, 2.45) is 0 Å². The molecule has 0 saturated heterocycles. The number of ether oxygens (including phenoxy) is 1. The number of hydrogen-bond acceptors (Lipinski definition) is 3. The van der Waals surface area contributed by atoms with Crippen LogP contribution in [0.5, 0.6) is 0 Å². The predicted molar refractivity (Wildman–Crippen MR) is 128 cm³/mol. The molecule has 1 N–H and O–H groups in total. The van der Waals surface area contributed by atoms with E-state index in [1.807, 2.05) is 54.6 Å². The van der Waals surface area contributed by atoms with Crippen LogP contribution in [0.3, 0.4) is 0 Å². The van der Waals surface area contributed by atoms with Crippen LogP contribution < -0.4 is 10.2 Å². The molecule has 3 rings (SSSR count). The summed E-state index contributed by atoms with van der Waals surface area (Å²) in [7, 11) is 1.58. The molecule has 3 aromatic carbocycles. The highest BCUT2D eigenvalue weighted by atomic mass is 35.5. The molecule has 0 aromatic heterocycles. The second-order valence-corrected chi connectivity index (χ2v) is 8.03. The van der Waals surface area contributed by atoms with Crippen LogP contribution in [0.4, 0.5) is 5.69 Å². The van der Waals surface area contributed by atoms with Gasteiger partial charge in [-0.3, -0.25) is 9.59 Å². The summed E-state index contributed by atoms with van der Waals surface area (Å²) in [5.41, 5.74) is 2.79. The summed E-state index contributed by atoms with van der Waals surface area (Å²) < 4.78 is 4.96. The van der Waals surface area contributed by atoms with E-state index in [1.165, 1.54) is 0 Å². The van der Waals surface area contributed by atoms with Crippen LogP contribution in [0.2, 0.25) is 10.0 Å². The standard InChI is InChI=1S/C25H24Cl2N2O3/c1-32-13-12-28-24(30)15-19-8-5-9-21(14-19)29(17-18-6-3-2-4-7-18)25(31)22-11-10-20(26)16-23(22)27/h2-11,14,16H,12-13,15,17H2,1H3,(H,28,30). The number of carbonyl (C=O) groups excluding carboxylic acids is 2. The second-order valence-electron chi connectivity index (χ2n) is 7.19. The molecule has 0 unspecified atom stereocenters. The third-order valence-corrected chi connectivity index (χ3v) is 5.35. The maximum absolute atomic E-state index is 13.5. The average Bonchev–Trinajstić information content (AvgIpc) is 2.78. The zero-order valence-electron chi connectivity index (χ0n) is 17.7. The maximum atomic E-state index is 13.5. The molecule has 0 fully saturated rings. The molecule has 166 valence electrons. The number of nitrogens with one attached hydrogen (secondary N) is 1. The molecule has 0 radical (unpaired) electrons. The van der Waals surface area contributed by atoms with Crippen molar-refractivity contribution in [2.45, 2.75) is 13.0 Å². The summed E-state index contributed by atoms with van der Waals surface area (Å²) in [6.07, 6.45) is 0.201. The average molecular weight is 471 g/mol. The largest absolute Gasteiger partial charge is 0.383 e. The quantitative estimate of drug-likeness (QED) is 0.440. The summed E-state index contributed by atoms with van der Waals surface area (Å²) in [5.74, 6) is -0.363. The molecule has 3 aromatic rings. The lowest BCUT2D eigenvalue weighted by molar-refractivity contribution is -0.120. The van der Waals surface area contributed by atoms with Gasteiger partial charge in [0.25, 0.3) is 5.91 Å². The Morgan fingerprint density at radius 2 is 1.69 bits per heavy atom. The third kappa shape index (κ3) is 6.57. The number of methoxy groups -OCH3 is 1. The van der Waals surface area contributed by atoms with Crippen LogP contribution in [0.1, 0.15) is 21.5 Å². The molecule has 0 aliphatic rings. The SMILES string of the molecule is COCCNC(=O)Cc1cccc(N(Cc2ccccc2)C(=O)c2ccc(Cl)cc2Cl)c1. The molecule has 0 saturated carbocycles. The van der Waals surface area contributed by atoms with Gasteiger partial charge in [0.2, 0.25) is 5.91 Å². The smallest absolute Gasteiger partial charge is 0.260 e. The Balaban J connectivity index is 1.89. The molecule has 5 nitrogen and oxygen atoms in total. The van der Waals surface area contributed by atoms with Crippen molar-refractivity contribution in [1.82, 2.24) is 5.32 Å². The highest BCUT2D eigenvalue weighted by Crippen LogP contribution is 2.27. The fraction of sp³-hybridized carbons (Fsp3) is 0.200. The number of rotatable bonds is 9. The van der Waals surface area contributed by atoms with E-state index in [-0.39, 0.29) is 23.3 Å². The van der Waals surface area contributed by atoms with Crippen LogP contribution in [-0.2, 0) is 22.5 Å². The van der Waals surface area contributed by atoms with E-state index < -0.39 is 0 Å². The Bertz CT molecular complexity index is 1070. The molecule has 7 heteroatoms. The van der Waals surface area contributed by atoms with Crippen LogP contribution >= 0.6 is 23.2 Å². The molecule has 2 amide bonds. The number of halogens is 2. The van der Waals surface area contributed by atoms with Gasteiger partial charge in [-0.1, -0.05) is 65.7 Å². The topological polar surface area (TPSA) is 58.6 Å². The third-order valence-electron chi connectivity index (χ3n) is 4.81. The van der Waals surface area contributed by atoms with E-state index in [1.54, 1.807) is 30.2 Å². The summed E-state index contributed by atoms with van der Waals surface area (Å²) in [6.45, 7) is 1.25. The number of anilines is 1. The van der Waals surface area contributed by atoms with E-state index in [4.69, 9.17) is 27.9 Å². The molecule has 32 heavy (non-hydrogen) atoms. The predicted octanol–water partition coefficient (Wildman–Crippen LogP) is 5.15. The minimum Gasteiger partial charge on any atom is -0.383 e. The number of hydrogen-bond donors (Lipinski definition) is 1. The Labute approximate surface area is 197 Å². The Hall–Kier alpha value is -2.86. The fourth-order valence-corrected chi connectivity index (χ4v) is 3.72. The van der Waals surface area contributed by atoms with Gasteiger partial charge in [-0.05, 0) is 41.5 Å². The molecule has 0 heterocycles. The first kappa shape index (κ1) is 23.8. The first-order valence-corrected chi connectivity index (χ1v) is 10.9. The highest BCUT2D eigenvalue weighted by Gasteiger charge is 2.21.